The molecule has 13 heavy (non-hydrogen) atoms. The normalized spacial score (nSPS) is 10.5. The molecule has 1 heteroatoms. The molecule has 0 amide bonds. The Kier molecular flexibility index (Phi) is 3.32. The largest absolute Gasteiger partial charge is 0.507 e. The molecule has 68 valence electrons. The summed E-state index contributed by atoms with van der Waals surface area (Å²) in [5.74, 6) is 0.362. The van der Waals surface area contributed by atoms with E-state index in [0.717, 1.165) is 11.1 Å². The highest BCUT2D eigenvalue weighted by Gasteiger charge is 2.01. The fraction of sp³-hybridized carbons (Fsp3) is 0.167. The summed E-state index contributed by atoms with van der Waals surface area (Å²) in [5, 5.41) is 9.75. The van der Waals surface area contributed by atoms with E-state index in [2.05, 4.69) is 6.58 Å². The van der Waals surface area contributed by atoms with Crippen LogP contribution in [0.15, 0.2) is 36.9 Å². The topological polar surface area (TPSA) is 20.2 Å². The van der Waals surface area contributed by atoms with Crippen LogP contribution in [0.3, 0.4) is 0 Å². The number of aromatic hydroxyl groups is 1. The summed E-state index contributed by atoms with van der Waals surface area (Å²) in [5.41, 5.74) is 1.78. The lowest BCUT2D eigenvalue weighted by Gasteiger charge is -2.04. The summed E-state index contributed by atoms with van der Waals surface area (Å²) in [7, 11) is 0. The van der Waals surface area contributed by atoms with Crippen LogP contribution in [0.25, 0.3) is 6.08 Å². The molecular formula is C12H14O. The average Bonchev–Trinajstić information content (AvgIpc) is 2.13. The molecule has 0 unspecified atom stereocenters. The van der Waals surface area contributed by atoms with Crippen LogP contribution >= 0.6 is 0 Å². The Hall–Kier alpha value is -1.50. The molecule has 1 N–H and O–H groups in total. The zero-order chi connectivity index (χ0) is 9.68. The number of phenols is 1. The van der Waals surface area contributed by atoms with Gasteiger partial charge in [0.25, 0.3) is 0 Å². The van der Waals surface area contributed by atoms with E-state index in [4.69, 9.17) is 0 Å². The highest BCUT2D eigenvalue weighted by molar-refractivity contribution is 5.59. The first kappa shape index (κ1) is 9.59. The van der Waals surface area contributed by atoms with E-state index in [9.17, 15) is 5.11 Å². The van der Waals surface area contributed by atoms with Crippen molar-refractivity contribution in [3.63, 3.8) is 0 Å². The maximum Gasteiger partial charge on any atom is 0.126 e. The van der Waals surface area contributed by atoms with Gasteiger partial charge in [-0.05, 0) is 18.9 Å². The molecule has 0 aliphatic carbocycles. The van der Waals surface area contributed by atoms with E-state index >= 15 is 0 Å². The Morgan fingerprint density at radius 1 is 1.46 bits per heavy atom. The molecule has 0 atom stereocenters. The Morgan fingerprint density at radius 3 is 2.85 bits per heavy atom. The van der Waals surface area contributed by atoms with E-state index in [1.54, 1.807) is 6.08 Å². The molecule has 0 heterocycles. The lowest BCUT2D eigenvalue weighted by molar-refractivity contribution is 0.468. The molecule has 1 aromatic carbocycles. The van der Waals surface area contributed by atoms with Crippen LogP contribution in [0.2, 0.25) is 0 Å². The summed E-state index contributed by atoms with van der Waals surface area (Å²) in [6, 6.07) is 5.74. The van der Waals surface area contributed by atoms with Gasteiger partial charge >= 0.3 is 0 Å². The molecule has 0 saturated heterocycles. The van der Waals surface area contributed by atoms with Gasteiger partial charge in [0.2, 0.25) is 0 Å². The first-order valence-electron chi connectivity index (χ1n) is 4.34. The van der Waals surface area contributed by atoms with Gasteiger partial charge in [-0.15, -0.1) is 6.58 Å². The van der Waals surface area contributed by atoms with E-state index in [0.29, 0.717) is 12.2 Å². The molecular weight excluding hydrogens is 160 g/mol. The second-order valence-electron chi connectivity index (χ2n) is 2.85. The van der Waals surface area contributed by atoms with Gasteiger partial charge in [-0.3, -0.25) is 0 Å². The Labute approximate surface area is 79.0 Å². The third kappa shape index (κ3) is 2.22. The number of hydrogen-bond donors (Lipinski definition) is 1. The molecule has 0 radical (unpaired) electrons. The number of allylic oxidation sites excluding steroid dienone is 2. The Bertz CT molecular complexity index is 324. The molecule has 1 nitrogen and oxygen atoms in total. The third-order valence-corrected chi connectivity index (χ3v) is 1.86. The van der Waals surface area contributed by atoms with Crippen molar-refractivity contribution >= 4 is 6.08 Å². The van der Waals surface area contributed by atoms with Crippen molar-refractivity contribution in [3.05, 3.63) is 48.1 Å². The van der Waals surface area contributed by atoms with Gasteiger partial charge in [-0.1, -0.05) is 36.4 Å². The summed E-state index contributed by atoms with van der Waals surface area (Å²) in [4.78, 5) is 0. The van der Waals surface area contributed by atoms with Gasteiger partial charge < -0.3 is 5.11 Å². The SMILES string of the molecule is C=CCc1cccc(/C=C\C)c1O. The van der Waals surface area contributed by atoms with Gasteiger partial charge in [0, 0.05) is 5.56 Å². The van der Waals surface area contributed by atoms with Crippen LogP contribution in [0.5, 0.6) is 5.75 Å². The standard InChI is InChI=1S/C12H14O/c1-3-6-10-8-5-9-11(7-4-2)12(10)13/h3-5,7-9,13H,1,6H2,2H3/b7-4-. The fourth-order valence-corrected chi connectivity index (χ4v) is 1.25. The summed E-state index contributed by atoms with van der Waals surface area (Å²) in [6.45, 7) is 5.57. The lowest BCUT2D eigenvalue weighted by atomic mass is 10.1. The summed E-state index contributed by atoms with van der Waals surface area (Å²) < 4.78 is 0. The molecule has 1 aromatic rings. The minimum Gasteiger partial charge on any atom is -0.507 e. The minimum atomic E-state index is 0.362. The van der Waals surface area contributed by atoms with Crippen LogP contribution in [-0.2, 0) is 6.42 Å². The third-order valence-electron chi connectivity index (χ3n) is 1.86. The predicted octanol–water partition coefficient (Wildman–Crippen LogP) is 3.15. The van der Waals surface area contributed by atoms with E-state index < -0.39 is 0 Å². The van der Waals surface area contributed by atoms with Crippen LogP contribution in [0.4, 0.5) is 0 Å². The highest BCUT2D eigenvalue weighted by Crippen LogP contribution is 2.24. The van der Waals surface area contributed by atoms with Gasteiger partial charge in [-0.25, -0.2) is 0 Å². The maximum atomic E-state index is 9.75. The quantitative estimate of drug-likeness (QED) is 0.698. The second-order valence-corrected chi connectivity index (χ2v) is 2.85. The highest BCUT2D eigenvalue weighted by atomic mass is 16.3. The van der Waals surface area contributed by atoms with Gasteiger partial charge in [-0.2, -0.15) is 0 Å². The van der Waals surface area contributed by atoms with E-state index in [-0.39, 0.29) is 0 Å². The number of phenolic OH excluding ortho intramolecular Hbond substituents is 1. The monoisotopic (exact) mass is 174 g/mol. The van der Waals surface area contributed by atoms with Crippen molar-refractivity contribution < 1.29 is 5.11 Å². The number of benzene rings is 1. The molecule has 1 rings (SSSR count). The van der Waals surface area contributed by atoms with Crippen LogP contribution in [0.1, 0.15) is 18.1 Å². The number of para-hydroxylation sites is 1. The Morgan fingerprint density at radius 2 is 2.23 bits per heavy atom. The van der Waals surface area contributed by atoms with Crippen LogP contribution in [0, 0.1) is 0 Å². The molecule has 0 spiro atoms. The minimum absolute atomic E-state index is 0.362. The summed E-state index contributed by atoms with van der Waals surface area (Å²) in [6.07, 6.45) is 6.29. The van der Waals surface area contributed by atoms with Crippen molar-refractivity contribution in [2.24, 2.45) is 0 Å². The van der Waals surface area contributed by atoms with E-state index in [1.807, 2.05) is 37.3 Å². The van der Waals surface area contributed by atoms with Crippen molar-refractivity contribution in [2.75, 3.05) is 0 Å². The van der Waals surface area contributed by atoms with Gasteiger partial charge in [0.15, 0.2) is 0 Å². The van der Waals surface area contributed by atoms with Gasteiger partial charge in [0.05, 0.1) is 0 Å². The lowest BCUT2D eigenvalue weighted by Crippen LogP contribution is -1.84. The van der Waals surface area contributed by atoms with E-state index in [1.165, 1.54) is 0 Å². The van der Waals surface area contributed by atoms with Crippen molar-refractivity contribution in [3.8, 4) is 5.75 Å². The Balaban J connectivity index is 3.09. The van der Waals surface area contributed by atoms with Crippen molar-refractivity contribution in [2.45, 2.75) is 13.3 Å². The first-order chi connectivity index (χ1) is 6.29. The first-order valence-corrected chi connectivity index (χ1v) is 4.34. The van der Waals surface area contributed by atoms with Crippen LogP contribution in [-0.4, -0.2) is 5.11 Å². The zero-order valence-corrected chi connectivity index (χ0v) is 7.83. The number of rotatable bonds is 3. The maximum absolute atomic E-state index is 9.75. The fourth-order valence-electron chi connectivity index (χ4n) is 1.25. The predicted molar refractivity (Wildman–Crippen MR) is 56.7 cm³/mol. The smallest absolute Gasteiger partial charge is 0.126 e. The van der Waals surface area contributed by atoms with Crippen molar-refractivity contribution in [1.29, 1.82) is 0 Å². The van der Waals surface area contributed by atoms with Crippen molar-refractivity contribution in [1.82, 2.24) is 0 Å². The second kappa shape index (κ2) is 4.51. The van der Waals surface area contributed by atoms with Gasteiger partial charge in [0.1, 0.15) is 5.75 Å². The molecule has 0 saturated carbocycles. The molecule has 0 aliphatic heterocycles. The van der Waals surface area contributed by atoms with Crippen LogP contribution < -0.4 is 0 Å². The summed E-state index contributed by atoms with van der Waals surface area (Å²) >= 11 is 0. The molecule has 0 fully saturated rings. The zero-order valence-electron chi connectivity index (χ0n) is 7.83. The molecule has 0 aromatic heterocycles. The average molecular weight is 174 g/mol. The molecule has 0 aliphatic rings. The molecule has 0 bridgehead atoms. The number of hydrogen-bond acceptors (Lipinski definition) is 1.